The van der Waals surface area contributed by atoms with Crippen LogP contribution >= 0.6 is 24.0 Å². The monoisotopic (exact) mass is 540 g/mol. The van der Waals surface area contributed by atoms with Crippen molar-refractivity contribution in [2.75, 3.05) is 10.2 Å². The second-order valence-corrected chi connectivity index (χ2v) is 10.0. The van der Waals surface area contributed by atoms with Crippen LogP contribution in [-0.4, -0.2) is 16.1 Å². The molecule has 1 saturated heterocycles. The van der Waals surface area contributed by atoms with Crippen molar-refractivity contribution < 1.29 is 18.7 Å². The first-order valence-corrected chi connectivity index (χ1v) is 12.9. The molecule has 1 aliphatic rings. The fourth-order valence-electron chi connectivity index (χ4n) is 3.77. The molecule has 38 heavy (non-hydrogen) atoms. The molecular formula is C30H21FN2O3S2. The standard InChI is InChI=1S/C30H21FN2O3S2/c31-23-11-13-24(14-12-23)32-28(34)22-7-4-8-25(18-22)33-29(35)27(38-30(33)37)17-20-9-15-26(16-10-20)36-19-21-5-2-1-3-6-21/h1-18H,19H2,(H,32,34)/b27-17+. The molecular weight excluding hydrogens is 519 g/mol. The van der Waals surface area contributed by atoms with Crippen LogP contribution in [0.1, 0.15) is 21.5 Å². The van der Waals surface area contributed by atoms with Crippen molar-refractivity contribution in [1.29, 1.82) is 0 Å². The van der Waals surface area contributed by atoms with Gasteiger partial charge in [-0.2, -0.15) is 0 Å². The maximum atomic E-state index is 13.2. The Morgan fingerprint density at radius 2 is 1.68 bits per heavy atom. The van der Waals surface area contributed by atoms with E-state index in [1.165, 1.54) is 40.9 Å². The SMILES string of the molecule is O=C(Nc1ccc(F)cc1)c1cccc(N2C(=O)/C(=C\c3ccc(OCc4ccccc4)cc3)SC2=S)c1. The molecule has 1 heterocycles. The van der Waals surface area contributed by atoms with Crippen molar-refractivity contribution in [2.45, 2.75) is 6.61 Å². The van der Waals surface area contributed by atoms with Crippen LogP contribution in [-0.2, 0) is 11.4 Å². The summed E-state index contributed by atoms with van der Waals surface area (Å²) in [5.74, 6) is -0.302. The van der Waals surface area contributed by atoms with Gasteiger partial charge in [0.1, 0.15) is 18.2 Å². The van der Waals surface area contributed by atoms with Gasteiger partial charge in [-0.25, -0.2) is 4.39 Å². The van der Waals surface area contributed by atoms with Crippen molar-refractivity contribution in [3.8, 4) is 5.75 Å². The van der Waals surface area contributed by atoms with Crippen molar-refractivity contribution in [3.05, 3.63) is 131 Å². The van der Waals surface area contributed by atoms with Gasteiger partial charge in [0, 0.05) is 11.3 Å². The number of amides is 2. The Kier molecular flexibility index (Phi) is 7.62. The zero-order valence-electron chi connectivity index (χ0n) is 20.0. The Bertz CT molecular complexity index is 1520. The third-order valence-corrected chi connectivity index (χ3v) is 6.99. The summed E-state index contributed by atoms with van der Waals surface area (Å²) in [4.78, 5) is 27.9. The highest BCUT2D eigenvalue weighted by Gasteiger charge is 2.33. The summed E-state index contributed by atoms with van der Waals surface area (Å²) in [5, 5.41) is 2.72. The van der Waals surface area contributed by atoms with Crippen molar-refractivity contribution in [2.24, 2.45) is 0 Å². The average Bonchev–Trinajstić information content (AvgIpc) is 3.22. The molecule has 4 aromatic rings. The molecule has 0 spiro atoms. The highest BCUT2D eigenvalue weighted by molar-refractivity contribution is 8.27. The van der Waals surface area contributed by atoms with Gasteiger partial charge in [-0.05, 0) is 71.8 Å². The van der Waals surface area contributed by atoms with Crippen LogP contribution in [0.2, 0.25) is 0 Å². The Morgan fingerprint density at radius 1 is 0.947 bits per heavy atom. The number of rotatable bonds is 7. The van der Waals surface area contributed by atoms with Gasteiger partial charge in [-0.15, -0.1) is 0 Å². The molecule has 2 amide bonds. The fraction of sp³-hybridized carbons (Fsp3) is 0.0333. The number of anilines is 2. The third-order valence-electron chi connectivity index (χ3n) is 5.69. The third kappa shape index (κ3) is 5.99. The molecule has 1 aliphatic heterocycles. The maximum absolute atomic E-state index is 13.2. The second-order valence-electron chi connectivity index (χ2n) is 8.37. The smallest absolute Gasteiger partial charge is 0.270 e. The number of thiocarbonyl (C=S) groups is 1. The first-order valence-electron chi connectivity index (χ1n) is 11.7. The molecule has 0 bridgehead atoms. The van der Waals surface area contributed by atoms with Crippen molar-refractivity contribution in [1.82, 2.24) is 0 Å². The summed E-state index contributed by atoms with van der Waals surface area (Å²) in [7, 11) is 0. The molecule has 0 unspecified atom stereocenters. The first-order chi connectivity index (χ1) is 18.5. The van der Waals surface area contributed by atoms with E-state index in [0.717, 1.165) is 16.9 Å². The quantitative estimate of drug-likeness (QED) is 0.201. The number of carbonyl (C=O) groups excluding carboxylic acids is 2. The van der Waals surface area contributed by atoms with Crippen LogP contribution in [0, 0.1) is 5.82 Å². The number of ether oxygens (including phenoxy) is 1. The molecule has 4 aromatic carbocycles. The molecule has 188 valence electrons. The van der Waals surface area contributed by atoms with E-state index >= 15 is 0 Å². The van der Waals surface area contributed by atoms with Crippen LogP contribution in [0.4, 0.5) is 15.8 Å². The lowest BCUT2D eigenvalue weighted by Gasteiger charge is -2.15. The van der Waals surface area contributed by atoms with Crippen molar-refractivity contribution >= 4 is 57.6 Å². The fourth-order valence-corrected chi connectivity index (χ4v) is 5.06. The molecule has 0 atom stereocenters. The minimum Gasteiger partial charge on any atom is -0.489 e. The van der Waals surface area contributed by atoms with Crippen LogP contribution in [0.3, 0.4) is 0 Å². The normalized spacial score (nSPS) is 14.1. The minimum atomic E-state index is -0.389. The Labute approximate surface area is 228 Å². The Balaban J connectivity index is 1.27. The van der Waals surface area contributed by atoms with Gasteiger partial charge in [0.15, 0.2) is 4.32 Å². The lowest BCUT2D eigenvalue weighted by atomic mass is 10.1. The van der Waals surface area contributed by atoms with E-state index in [2.05, 4.69) is 5.32 Å². The van der Waals surface area contributed by atoms with Crippen molar-refractivity contribution in [3.63, 3.8) is 0 Å². The molecule has 1 N–H and O–H groups in total. The van der Waals surface area contributed by atoms with E-state index in [0.29, 0.717) is 32.8 Å². The number of thioether (sulfide) groups is 1. The van der Waals surface area contributed by atoms with E-state index in [1.807, 2.05) is 54.6 Å². The maximum Gasteiger partial charge on any atom is 0.270 e. The molecule has 1 fully saturated rings. The number of benzene rings is 4. The number of nitrogens with zero attached hydrogens (tertiary/aromatic N) is 1. The van der Waals surface area contributed by atoms with Crippen LogP contribution in [0.15, 0.2) is 108 Å². The van der Waals surface area contributed by atoms with Crippen LogP contribution in [0.25, 0.3) is 6.08 Å². The van der Waals surface area contributed by atoms with Gasteiger partial charge in [-0.1, -0.05) is 72.5 Å². The predicted octanol–water partition coefficient (Wildman–Crippen LogP) is 7.06. The molecule has 0 aromatic heterocycles. The molecule has 5 rings (SSSR count). The van der Waals surface area contributed by atoms with Gasteiger partial charge >= 0.3 is 0 Å². The van der Waals surface area contributed by atoms with E-state index in [1.54, 1.807) is 30.3 Å². The van der Waals surface area contributed by atoms with Gasteiger partial charge in [-0.3, -0.25) is 14.5 Å². The summed E-state index contributed by atoms with van der Waals surface area (Å²) in [6.07, 6.45) is 1.78. The lowest BCUT2D eigenvalue weighted by Crippen LogP contribution is -2.27. The number of halogens is 1. The molecule has 0 aliphatic carbocycles. The van der Waals surface area contributed by atoms with Gasteiger partial charge in [0.05, 0.1) is 10.6 Å². The van der Waals surface area contributed by atoms with Gasteiger partial charge in [0.25, 0.3) is 11.8 Å². The minimum absolute atomic E-state index is 0.263. The van der Waals surface area contributed by atoms with E-state index in [4.69, 9.17) is 17.0 Å². The topological polar surface area (TPSA) is 58.6 Å². The summed E-state index contributed by atoms with van der Waals surface area (Å²) in [6, 6.07) is 29.5. The van der Waals surface area contributed by atoms with E-state index < -0.39 is 0 Å². The van der Waals surface area contributed by atoms with Gasteiger partial charge < -0.3 is 10.1 Å². The second kappa shape index (κ2) is 11.4. The highest BCUT2D eigenvalue weighted by atomic mass is 32.2. The molecule has 5 nitrogen and oxygen atoms in total. The van der Waals surface area contributed by atoms with Crippen LogP contribution < -0.4 is 15.0 Å². The lowest BCUT2D eigenvalue weighted by molar-refractivity contribution is -0.113. The van der Waals surface area contributed by atoms with Crippen LogP contribution in [0.5, 0.6) is 5.75 Å². The zero-order chi connectivity index (χ0) is 26.5. The summed E-state index contributed by atoms with van der Waals surface area (Å²) >= 11 is 6.69. The molecule has 0 radical (unpaired) electrons. The number of carbonyl (C=O) groups is 2. The molecule has 0 saturated carbocycles. The zero-order valence-corrected chi connectivity index (χ0v) is 21.6. The number of nitrogens with one attached hydrogen (secondary N) is 1. The summed E-state index contributed by atoms with van der Waals surface area (Å²) in [5.41, 5.74) is 3.22. The van der Waals surface area contributed by atoms with E-state index in [-0.39, 0.29) is 17.6 Å². The predicted molar refractivity (Wildman–Crippen MR) is 154 cm³/mol. The first kappa shape index (κ1) is 25.4. The highest BCUT2D eigenvalue weighted by Crippen LogP contribution is 2.36. The van der Waals surface area contributed by atoms with Gasteiger partial charge in [0.2, 0.25) is 0 Å². The Hall–Kier alpha value is -4.27. The number of hydrogen-bond donors (Lipinski definition) is 1. The summed E-state index contributed by atoms with van der Waals surface area (Å²) < 4.78 is 19.4. The average molecular weight is 541 g/mol. The Morgan fingerprint density at radius 3 is 2.42 bits per heavy atom. The number of hydrogen-bond acceptors (Lipinski definition) is 5. The summed E-state index contributed by atoms with van der Waals surface area (Å²) in [6.45, 7) is 0.472. The van der Waals surface area contributed by atoms with E-state index in [9.17, 15) is 14.0 Å². The molecule has 8 heteroatoms. The largest absolute Gasteiger partial charge is 0.489 e.